The van der Waals surface area contributed by atoms with E-state index in [1.165, 1.54) is 17.7 Å². The number of rotatable bonds is 0. The number of benzene rings is 1. The monoisotopic (exact) mass is 189 g/mol. The van der Waals surface area contributed by atoms with Crippen molar-refractivity contribution in [3.05, 3.63) is 30.0 Å². The summed E-state index contributed by atoms with van der Waals surface area (Å²) in [6, 6.07) is 5.62. The minimum atomic E-state index is -0.0980. The molecule has 1 aromatic heterocycles. The third-order valence-corrected chi connectivity index (χ3v) is 2.28. The molecule has 72 valence electrons. The van der Waals surface area contributed by atoms with E-state index in [0.29, 0.717) is 0 Å². The number of carbonyl (C=O) groups excluding carboxylic acids is 1. The number of aryl methyl sites for hydroxylation is 1. The van der Waals surface area contributed by atoms with Crippen LogP contribution >= 0.6 is 0 Å². The molecule has 3 heteroatoms. The zero-order chi connectivity index (χ0) is 10.3. The predicted octanol–water partition coefficient (Wildman–Crippen LogP) is 2.32. The van der Waals surface area contributed by atoms with Crippen molar-refractivity contribution in [2.45, 2.75) is 13.8 Å². The molecule has 0 aliphatic carbocycles. The number of carbonyl (C=O) groups is 1. The number of fused-ring (bicyclic) bond motifs is 1. The fourth-order valence-electron chi connectivity index (χ4n) is 1.59. The van der Waals surface area contributed by atoms with Gasteiger partial charge in [-0.3, -0.25) is 9.36 Å². The van der Waals surface area contributed by atoms with E-state index in [4.69, 9.17) is 0 Å². The molecule has 0 saturated heterocycles. The Kier molecular flexibility index (Phi) is 1.81. The lowest BCUT2D eigenvalue weighted by Crippen LogP contribution is -2.02. The molecule has 0 aliphatic heterocycles. The second-order valence-corrected chi connectivity index (χ2v) is 3.42. The predicted molar refractivity (Wildman–Crippen MR) is 54.6 cm³/mol. The first kappa shape index (κ1) is 8.81. The molecule has 2 aromatic rings. The van der Waals surface area contributed by atoms with E-state index in [9.17, 15) is 9.90 Å². The van der Waals surface area contributed by atoms with Crippen LogP contribution < -0.4 is 0 Å². The number of hydrogen-bond donors (Lipinski definition) is 1. The van der Waals surface area contributed by atoms with E-state index in [1.54, 1.807) is 0 Å². The van der Waals surface area contributed by atoms with Gasteiger partial charge in [-0.2, -0.15) is 0 Å². The molecule has 1 heterocycles. The van der Waals surface area contributed by atoms with Gasteiger partial charge in [-0.05, 0) is 19.1 Å². The molecule has 0 aliphatic rings. The Labute approximate surface area is 81.6 Å². The summed E-state index contributed by atoms with van der Waals surface area (Å²) < 4.78 is 1.45. The summed E-state index contributed by atoms with van der Waals surface area (Å²) in [5.74, 6) is 0.0538. The second kappa shape index (κ2) is 2.87. The first-order valence-electron chi connectivity index (χ1n) is 4.41. The van der Waals surface area contributed by atoms with Crippen LogP contribution in [0.3, 0.4) is 0 Å². The molecule has 0 atom stereocenters. The Morgan fingerprint density at radius 3 is 2.79 bits per heavy atom. The summed E-state index contributed by atoms with van der Waals surface area (Å²) in [4.78, 5) is 11.2. The van der Waals surface area contributed by atoms with Crippen LogP contribution in [0, 0.1) is 6.92 Å². The van der Waals surface area contributed by atoms with Gasteiger partial charge < -0.3 is 5.11 Å². The Morgan fingerprint density at radius 2 is 2.14 bits per heavy atom. The van der Waals surface area contributed by atoms with Crippen molar-refractivity contribution in [3.63, 3.8) is 0 Å². The molecule has 3 nitrogen and oxygen atoms in total. The maximum atomic E-state index is 11.2. The van der Waals surface area contributed by atoms with Crippen molar-refractivity contribution in [1.82, 2.24) is 4.57 Å². The Morgan fingerprint density at radius 1 is 1.43 bits per heavy atom. The van der Waals surface area contributed by atoms with E-state index in [-0.39, 0.29) is 11.7 Å². The van der Waals surface area contributed by atoms with Gasteiger partial charge in [0.1, 0.15) is 5.75 Å². The highest BCUT2D eigenvalue weighted by Gasteiger charge is 2.09. The van der Waals surface area contributed by atoms with Gasteiger partial charge in [0.2, 0.25) is 5.91 Å². The average molecular weight is 189 g/mol. The molecule has 0 amide bonds. The summed E-state index contributed by atoms with van der Waals surface area (Å²) in [7, 11) is 0. The summed E-state index contributed by atoms with van der Waals surface area (Å²) in [6.45, 7) is 3.42. The van der Waals surface area contributed by atoms with Crippen LogP contribution in [0.1, 0.15) is 17.3 Å². The van der Waals surface area contributed by atoms with Gasteiger partial charge in [-0.25, -0.2) is 0 Å². The molecule has 0 spiro atoms. The third-order valence-electron chi connectivity index (χ3n) is 2.28. The minimum absolute atomic E-state index is 0.0980. The van der Waals surface area contributed by atoms with Crippen LogP contribution in [0.4, 0.5) is 0 Å². The fourth-order valence-corrected chi connectivity index (χ4v) is 1.59. The fraction of sp³-hybridized carbons (Fsp3) is 0.182. The van der Waals surface area contributed by atoms with Gasteiger partial charge in [0, 0.05) is 12.3 Å². The molecule has 2 rings (SSSR count). The van der Waals surface area contributed by atoms with Crippen molar-refractivity contribution in [1.29, 1.82) is 0 Å². The van der Waals surface area contributed by atoms with E-state index < -0.39 is 0 Å². The van der Waals surface area contributed by atoms with E-state index in [2.05, 4.69) is 0 Å². The topological polar surface area (TPSA) is 42.2 Å². The normalized spacial score (nSPS) is 10.7. The molecule has 0 fully saturated rings. The number of aromatic nitrogens is 1. The van der Waals surface area contributed by atoms with E-state index in [0.717, 1.165) is 16.5 Å². The number of nitrogens with zero attached hydrogens (tertiary/aromatic N) is 1. The highest BCUT2D eigenvalue weighted by molar-refractivity contribution is 5.95. The van der Waals surface area contributed by atoms with E-state index >= 15 is 0 Å². The molecule has 0 bridgehead atoms. The minimum Gasteiger partial charge on any atom is -0.506 e. The lowest BCUT2D eigenvalue weighted by atomic mass is 10.2. The van der Waals surface area contributed by atoms with Gasteiger partial charge in [-0.1, -0.05) is 11.6 Å². The van der Waals surface area contributed by atoms with Crippen LogP contribution in [-0.4, -0.2) is 15.6 Å². The van der Waals surface area contributed by atoms with Crippen molar-refractivity contribution < 1.29 is 9.90 Å². The highest BCUT2D eigenvalue weighted by Crippen LogP contribution is 2.27. The third kappa shape index (κ3) is 1.18. The number of aromatic hydroxyl groups is 1. The molecule has 14 heavy (non-hydrogen) atoms. The molecule has 0 unspecified atom stereocenters. The van der Waals surface area contributed by atoms with Crippen LogP contribution in [0.25, 0.3) is 10.9 Å². The Bertz CT molecular complexity index is 511. The molecule has 0 radical (unpaired) electrons. The first-order chi connectivity index (χ1) is 6.59. The van der Waals surface area contributed by atoms with Gasteiger partial charge in [0.15, 0.2) is 0 Å². The lowest BCUT2D eigenvalue weighted by Gasteiger charge is -1.98. The highest BCUT2D eigenvalue weighted by atomic mass is 16.3. The maximum Gasteiger partial charge on any atom is 0.228 e. The smallest absolute Gasteiger partial charge is 0.228 e. The lowest BCUT2D eigenvalue weighted by molar-refractivity contribution is 0.0941. The van der Waals surface area contributed by atoms with Gasteiger partial charge >= 0.3 is 0 Å². The van der Waals surface area contributed by atoms with Gasteiger partial charge in [0.25, 0.3) is 0 Å². The summed E-state index contributed by atoms with van der Waals surface area (Å²) >= 11 is 0. The SMILES string of the molecule is CC(=O)n1cc(O)c2cc(C)ccc21. The summed E-state index contributed by atoms with van der Waals surface area (Å²) in [5, 5.41) is 10.3. The van der Waals surface area contributed by atoms with Crippen molar-refractivity contribution >= 4 is 16.8 Å². The van der Waals surface area contributed by atoms with E-state index in [1.807, 2.05) is 25.1 Å². The van der Waals surface area contributed by atoms with Crippen molar-refractivity contribution in [2.24, 2.45) is 0 Å². The van der Waals surface area contributed by atoms with Crippen LogP contribution in [-0.2, 0) is 0 Å². The first-order valence-corrected chi connectivity index (χ1v) is 4.41. The van der Waals surface area contributed by atoms with Crippen LogP contribution in [0.5, 0.6) is 5.75 Å². The molecule has 1 N–H and O–H groups in total. The van der Waals surface area contributed by atoms with Crippen LogP contribution in [0.2, 0.25) is 0 Å². The number of hydrogen-bond acceptors (Lipinski definition) is 2. The van der Waals surface area contributed by atoms with Gasteiger partial charge in [-0.15, -0.1) is 0 Å². The largest absolute Gasteiger partial charge is 0.506 e. The zero-order valence-corrected chi connectivity index (χ0v) is 8.11. The van der Waals surface area contributed by atoms with Crippen molar-refractivity contribution in [3.8, 4) is 5.75 Å². The summed E-state index contributed by atoms with van der Waals surface area (Å²) in [6.07, 6.45) is 1.45. The van der Waals surface area contributed by atoms with Crippen molar-refractivity contribution in [2.75, 3.05) is 0 Å². The molecular weight excluding hydrogens is 178 g/mol. The standard InChI is InChI=1S/C11H11NO2/c1-7-3-4-10-9(5-7)11(14)6-12(10)8(2)13/h3-6,14H,1-2H3. The summed E-state index contributed by atoms with van der Waals surface area (Å²) in [5.41, 5.74) is 1.81. The second-order valence-electron chi connectivity index (χ2n) is 3.42. The maximum absolute atomic E-state index is 11.2. The van der Waals surface area contributed by atoms with Crippen LogP contribution in [0.15, 0.2) is 24.4 Å². The molecule has 0 saturated carbocycles. The zero-order valence-electron chi connectivity index (χ0n) is 8.11. The van der Waals surface area contributed by atoms with Gasteiger partial charge in [0.05, 0.1) is 11.7 Å². The Hall–Kier alpha value is -1.77. The molecule has 1 aromatic carbocycles. The average Bonchev–Trinajstić information content (AvgIpc) is 2.44. The quantitative estimate of drug-likeness (QED) is 0.691. The molecular formula is C11H11NO2. The Balaban J connectivity index is 2.84.